The standard InChI is InChI=1S/C23H18N4O2S2/c1-14(21(28)27-23-26-19-5-3-4-6-20(19)31-23)30-22-16(13-24)9-12-18(25-22)15-7-10-17(29-2)11-8-15/h3-12,14H,1-2H3,(H,26,27,28). The fourth-order valence-electron chi connectivity index (χ4n) is 2.89. The van der Waals surface area contributed by atoms with Gasteiger partial charge in [0.25, 0.3) is 0 Å². The number of hydrogen-bond acceptors (Lipinski definition) is 7. The fraction of sp³-hybridized carbons (Fsp3) is 0.130. The normalized spacial score (nSPS) is 11.6. The highest BCUT2D eigenvalue weighted by molar-refractivity contribution is 8.00. The van der Waals surface area contributed by atoms with Crippen molar-refractivity contribution < 1.29 is 9.53 Å². The molecule has 8 heteroatoms. The second-order valence-electron chi connectivity index (χ2n) is 6.63. The highest BCUT2D eigenvalue weighted by Crippen LogP contribution is 2.30. The number of nitriles is 1. The Balaban J connectivity index is 1.52. The monoisotopic (exact) mass is 446 g/mol. The van der Waals surface area contributed by atoms with Crippen LogP contribution in [0.15, 0.2) is 65.7 Å². The van der Waals surface area contributed by atoms with Crippen LogP contribution in [0.25, 0.3) is 21.5 Å². The Bertz CT molecular complexity index is 1250. The second kappa shape index (κ2) is 9.16. The minimum Gasteiger partial charge on any atom is -0.497 e. The third kappa shape index (κ3) is 4.68. The molecule has 6 nitrogen and oxygen atoms in total. The van der Waals surface area contributed by atoms with Gasteiger partial charge in [0.1, 0.15) is 16.8 Å². The van der Waals surface area contributed by atoms with Crippen molar-refractivity contribution in [3.05, 3.63) is 66.2 Å². The number of nitrogens with zero attached hydrogens (tertiary/aromatic N) is 3. The van der Waals surface area contributed by atoms with Crippen LogP contribution in [0.4, 0.5) is 5.13 Å². The van der Waals surface area contributed by atoms with Crippen molar-refractivity contribution in [2.45, 2.75) is 17.2 Å². The molecule has 0 saturated carbocycles. The van der Waals surface area contributed by atoms with Gasteiger partial charge in [-0.1, -0.05) is 35.2 Å². The van der Waals surface area contributed by atoms with Crippen molar-refractivity contribution in [2.75, 3.05) is 12.4 Å². The van der Waals surface area contributed by atoms with E-state index in [0.29, 0.717) is 15.7 Å². The summed E-state index contributed by atoms with van der Waals surface area (Å²) in [7, 11) is 1.62. The topological polar surface area (TPSA) is 87.9 Å². The number of hydrogen-bond donors (Lipinski definition) is 1. The Kier molecular flexibility index (Phi) is 6.16. The first kappa shape index (κ1) is 20.8. The molecule has 1 N–H and O–H groups in total. The Morgan fingerprint density at radius 2 is 1.90 bits per heavy atom. The maximum Gasteiger partial charge on any atom is 0.239 e. The summed E-state index contributed by atoms with van der Waals surface area (Å²) in [5.74, 6) is 0.566. The Morgan fingerprint density at radius 1 is 1.13 bits per heavy atom. The molecule has 1 atom stereocenters. The number of fused-ring (bicyclic) bond motifs is 1. The number of para-hydroxylation sites is 1. The zero-order valence-corrected chi connectivity index (χ0v) is 18.5. The van der Waals surface area contributed by atoms with Crippen LogP contribution in [0.3, 0.4) is 0 Å². The van der Waals surface area contributed by atoms with Crippen LogP contribution in [0.1, 0.15) is 12.5 Å². The predicted molar refractivity (Wildman–Crippen MR) is 125 cm³/mol. The highest BCUT2D eigenvalue weighted by Gasteiger charge is 2.19. The van der Waals surface area contributed by atoms with Crippen molar-refractivity contribution >= 4 is 44.4 Å². The van der Waals surface area contributed by atoms with Crippen LogP contribution in [0, 0.1) is 11.3 Å². The minimum absolute atomic E-state index is 0.190. The van der Waals surface area contributed by atoms with Gasteiger partial charge in [-0.15, -0.1) is 0 Å². The predicted octanol–water partition coefficient (Wildman–Crippen LogP) is 5.36. The quantitative estimate of drug-likeness (QED) is 0.401. The molecular weight excluding hydrogens is 428 g/mol. The number of pyridine rings is 1. The summed E-state index contributed by atoms with van der Waals surface area (Å²) in [6, 6.07) is 21.0. The summed E-state index contributed by atoms with van der Waals surface area (Å²) >= 11 is 2.68. The summed E-state index contributed by atoms with van der Waals surface area (Å²) in [4.78, 5) is 21.8. The van der Waals surface area contributed by atoms with Gasteiger partial charge in [-0.05, 0) is 55.5 Å². The van der Waals surface area contributed by atoms with E-state index >= 15 is 0 Å². The Hall–Kier alpha value is -3.41. The summed E-state index contributed by atoms with van der Waals surface area (Å²) in [6.07, 6.45) is 0. The molecule has 1 amide bonds. The van der Waals surface area contributed by atoms with Gasteiger partial charge >= 0.3 is 0 Å². The molecule has 0 saturated heterocycles. The van der Waals surface area contributed by atoms with Gasteiger partial charge < -0.3 is 10.1 Å². The number of carbonyl (C=O) groups excluding carboxylic acids is 1. The molecule has 0 aliphatic heterocycles. The van der Waals surface area contributed by atoms with Crippen LogP contribution in [-0.4, -0.2) is 28.2 Å². The lowest BCUT2D eigenvalue weighted by Crippen LogP contribution is -2.22. The maximum absolute atomic E-state index is 12.7. The number of ether oxygens (including phenoxy) is 1. The average molecular weight is 447 g/mol. The van der Waals surface area contributed by atoms with Crippen LogP contribution < -0.4 is 10.1 Å². The zero-order chi connectivity index (χ0) is 21.8. The van der Waals surface area contributed by atoms with Crippen molar-refractivity contribution in [2.24, 2.45) is 0 Å². The lowest BCUT2D eigenvalue weighted by molar-refractivity contribution is -0.115. The van der Waals surface area contributed by atoms with Crippen molar-refractivity contribution in [1.82, 2.24) is 9.97 Å². The first-order chi connectivity index (χ1) is 15.1. The molecule has 0 spiro atoms. The molecule has 31 heavy (non-hydrogen) atoms. The Labute approximate surface area is 187 Å². The number of methoxy groups -OCH3 is 1. The van der Waals surface area contributed by atoms with Crippen LogP contribution >= 0.6 is 23.1 Å². The molecule has 4 aromatic rings. The van der Waals surface area contributed by atoms with E-state index in [1.54, 1.807) is 26.2 Å². The lowest BCUT2D eigenvalue weighted by atomic mass is 10.1. The zero-order valence-electron chi connectivity index (χ0n) is 16.8. The average Bonchev–Trinajstić information content (AvgIpc) is 3.21. The molecule has 4 rings (SSSR count). The van der Waals surface area contributed by atoms with E-state index in [4.69, 9.17) is 4.74 Å². The molecule has 0 radical (unpaired) electrons. The number of nitrogens with one attached hydrogen (secondary N) is 1. The van der Waals surface area contributed by atoms with Crippen molar-refractivity contribution in [3.8, 4) is 23.1 Å². The van der Waals surface area contributed by atoms with Gasteiger partial charge in [0.05, 0.1) is 33.8 Å². The van der Waals surface area contributed by atoms with E-state index in [9.17, 15) is 10.1 Å². The van der Waals surface area contributed by atoms with Gasteiger partial charge in [-0.3, -0.25) is 4.79 Å². The number of benzene rings is 2. The fourth-order valence-corrected chi connectivity index (χ4v) is 4.65. The second-order valence-corrected chi connectivity index (χ2v) is 8.99. The molecule has 2 aromatic heterocycles. The SMILES string of the molecule is COc1ccc(-c2ccc(C#N)c(SC(C)C(=O)Nc3nc4ccccc4s3)n2)cc1. The summed E-state index contributed by atoms with van der Waals surface area (Å²) < 4.78 is 6.21. The van der Waals surface area contributed by atoms with E-state index in [1.165, 1.54) is 23.1 Å². The molecular formula is C23H18N4O2S2. The minimum atomic E-state index is -0.460. The number of amides is 1. The summed E-state index contributed by atoms with van der Waals surface area (Å²) in [6.45, 7) is 1.79. The van der Waals surface area contributed by atoms with Gasteiger partial charge in [0.15, 0.2) is 5.13 Å². The molecule has 0 bridgehead atoms. The van der Waals surface area contributed by atoms with Gasteiger partial charge in [-0.2, -0.15) is 5.26 Å². The van der Waals surface area contributed by atoms with Crippen LogP contribution in [-0.2, 0) is 4.79 Å². The summed E-state index contributed by atoms with van der Waals surface area (Å²) in [5.41, 5.74) is 2.91. The molecule has 0 fully saturated rings. The van der Waals surface area contributed by atoms with Crippen LogP contribution in [0.2, 0.25) is 0 Å². The lowest BCUT2D eigenvalue weighted by Gasteiger charge is -2.12. The first-order valence-corrected chi connectivity index (χ1v) is 11.2. The molecule has 2 aromatic carbocycles. The van der Waals surface area contributed by atoms with Crippen molar-refractivity contribution in [1.29, 1.82) is 5.26 Å². The number of aromatic nitrogens is 2. The number of rotatable bonds is 6. The van der Waals surface area contributed by atoms with E-state index in [1.807, 2.05) is 48.5 Å². The number of carbonyl (C=O) groups is 1. The van der Waals surface area contributed by atoms with Crippen molar-refractivity contribution in [3.63, 3.8) is 0 Å². The van der Waals surface area contributed by atoms with Gasteiger partial charge in [-0.25, -0.2) is 9.97 Å². The van der Waals surface area contributed by atoms with Gasteiger partial charge in [0.2, 0.25) is 5.91 Å². The Morgan fingerprint density at radius 3 is 2.61 bits per heavy atom. The third-order valence-corrected chi connectivity index (χ3v) is 6.60. The molecule has 154 valence electrons. The smallest absolute Gasteiger partial charge is 0.239 e. The highest BCUT2D eigenvalue weighted by atomic mass is 32.2. The van der Waals surface area contributed by atoms with E-state index in [0.717, 1.165) is 27.2 Å². The van der Waals surface area contributed by atoms with Gasteiger partial charge in [0, 0.05) is 5.56 Å². The van der Waals surface area contributed by atoms with Crippen LogP contribution in [0.5, 0.6) is 5.75 Å². The maximum atomic E-state index is 12.7. The van der Waals surface area contributed by atoms with E-state index < -0.39 is 5.25 Å². The molecule has 0 aliphatic rings. The number of thioether (sulfide) groups is 1. The molecule has 1 unspecified atom stereocenters. The van der Waals surface area contributed by atoms with E-state index in [2.05, 4.69) is 21.4 Å². The molecule has 2 heterocycles. The summed E-state index contributed by atoms with van der Waals surface area (Å²) in [5, 5.41) is 13.0. The molecule has 0 aliphatic carbocycles. The van der Waals surface area contributed by atoms with E-state index in [-0.39, 0.29) is 5.91 Å². The largest absolute Gasteiger partial charge is 0.497 e. The first-order valence-electron chi connectivity index (χ1n) is 9.46. The number of thiazole rings is 1. The number of anilines is 1. The third-order valence-electron chi connectivity index (χ3n) is 4.55.